The predicted molar refractivity (Wildman–Crippen MR) is 118 cm³/mol. The summed E-state index contributed by atoms with van der Waals surface area (Å²) in [4.78, 5) is 36.0. The van der Waals surface area contributed by atoms with Gasteiger partial charge in [-0.1, -0.05) is 0 Å². The molecule has 10 nitrogen and oxygen atoms in total. The standard InChI is InChI=1S/C21H26N4O6S/c1-4-31-21(28)19-12-17(13-24(19)3)32(29,30)25-11-5-6-18(25)20(27)23-16-9-7-15(8-10-16)22-14(2)26/h7-10,12-13,18H,4-6,11H2,1-3H3,(H,22,26)(H,23,27)/t18-/m1/s1. The van der Waals surface area contributed by atoms with Gasteiger partial charge >= 0.3 is 5.97 Å². The van der Waals surface area contributed by atoms with Crippen LogP contribution >= 0.6 is 0 Å². The van der Waals surface area contributed by atoms with Crippen LogP contribution in [0.5, 0.6) is 0 Å². The molecule has 0 unspecified atom stereocenters. The van der Waals surface area contributed by atoms with Crippen molar-refractivity contribution in [2.24, 2.45) is 7.05 Å². The zero-order chi connectivity index (χ0) is 23.5. The smallest absolute Gasteiger partial charge is 0.354 e. The van der Waals surface area contributed by atoms with Gasteiger partial charge in [-0.05, 0) is 50.1 Å². The third-order valence-corrected chi connectivity index (χ3v) is 6.92. The SMILES string of the molecule is CCOC(=O)c1cc(S(=O)(=O)N2CCC[C@@H]2C(=O)Nc2ccc(NC(C)=O)cc2)cn1C. The molecule has 1 aliphatic rings. The van der Waals surface area contributed by atoms with Crippen molar-refractivity contribution in [3.05, 3.63) is 42.2 Å². The molecule has 11 heteroatoms. The molecule has 0 aliphatic carbocycles. The molecule has 0 saturated carbocycles. The zero-order valence-electron chi connectivity index (χ0n) is 18.1. The van der Waals surface area contributed by atoms with Crippen LogP contribution in [0.4, 0.5) is 11.4 Å². The lowest BCUT2D eigenvalue weighted by Gasteiger charge is -2.23. The van der Waals surface area contributed by atoms with E-state index in [9.17, 15) is 22.8 Å². The normalized spacial score (nSPS) is 16.5. The molecule has 1 fully saturated rings. The topological polar surface area (TPSA) is 127 Å². The molecule has 1 aromatic carbocycles. The fourth-order valence-corrected chi connectivity index (χ4v) is 5.30. The Morgan fingerprint density at radius 3 is 2.34 bits per heavy atom. The lowest BCUT2D eigenvalue weighted by Crippen LogP contribution is -2.43. The number of amides is 2. The number of benzene rings is 1. The van der Waals surface area contributed by atoms with E-state index in [1.165, 1.54) is 23.8 Å². The van der Waals surface area contributed by atoms with Crippen LogP contribution in [0.3, 0.4) is 0 Å². The number of esters is 1. The van der Waals surface area contributed by atoms with E-state index in [2.05, 4.69) is 10.6 Å². The van der Waals surface area contributed by atoms with E-state index in [1.807, 2.05) is 0 Å². The second-order valence-electron chi connectivity index (χ2n) is 7.41. The van der Waals surface area contributed by atoms with E-state index < -0.39 is 27.9 Å². The summed E-state index contributed by atoms with van der Waals surface area (Å²) in [5.41, 5.74) is 1.18. The number of sulfonamides is 1. The zero-order valence-corrected chi connectivity index (χ0v) is 18.9. The third kappa shape index (κ3) is 5.00. The molecule has 2 heterocycles. The summed E-state index contributed by atoms with van der Waals surface area (Å²) in [5, 5.41) is 5.37. The van der Waals surface area contributed by atoms with Crippen LogP contribution < -0.4 is 10.6 Å². The van der Waals surface area contributed by atoms with Gasteiger partial charge in [-0.3, -0.25) is 9.59 Å². The first-order chi connectivity index (χ1) is 15.1. The van der Waals surface area contributed by atoms with Crippen LogP contribution in [-0.4, -0.2) is 54.3 Å². The molecule has 172 valence electrons. The summed E-state index contributed by atoms with van der Waals surface area (Å²) < 4.78 is 34.0. The average molecular weight is 463 g/mol. The number of aromatic nitrogens is 1. The van der Waals surface area contributed by atoms with Gasteiger partial charge in [0.2, 0.25) is 21.8 Å². The van der Waals surface area contributed by atoms with Crippen molar-refractivity contribution in [2.75, 3.05) is 23.8 Å². The quantitative estimate of drug-likeness (QED) is 0.606. The average Bonchev–Trinajstić information content (AvgIpc) is 3.37. The van der Waals surface area contributed by atoms with Crippen molar-refractivity contribution in [1.29, 1.82) is 0 Å². The van der Waals surface area contributed by atoms with Gasteiger partial charge in [0.25, 0.3) is 0 Å². The summed E-state index contributed by atoms with van der Waals surface area (Å²) >= 11 is 0. The Bertz CT molecular complexity index is 1120. The van der Waals surface area contributed by atoms with Gasteiger partial charge in [-0.25, -0.2) is 13.2 Å². The van der Waals surface area contributed by atoms with Gasteiger partial charge in [0.1, 0.15) is 16.6 Å². The highest BCUT2D eigenvalue weighted by atomic mass is 32.2. The van der Waals surface area contributed by atoms with Gasteiger partial charge in [0, 0.05) is 38.1 Å². The molecule has 3 rings (SSSR count). The van der Waals surface area contributed by atoms with Crippen molar-refractivity contribution in [3.63, 3.8) is 0 Å². The van der Waals surface area contributed by atoms with Crippen LogP contribution in [0, 0.1) is 0 Å². The third-order valence-electron chi connectivity index (χ3n) is 5.05. The first-order valence-electron chi connectivity index (χ1n) is 10.2. The fourth-order valence-electron chi connectivity index (χ4n) is 3.57. The molecule has 1 aliphatic heterocycles. The molecule has 2 amide bonds. The summed E-state index contributed by atoms with van der Waals surface area (Å²) in [6.45, 7) is 3.43. The number of ether oxygens (including phenoxy) is 1. The molecule has 1 saturated heterocycles. The van der Waals surface area contributed by atoms with E-state index >= 15 is 0 Å². The van der Waals surface area contributed by atoms with Gasteiger partial charge in [0.15, 0.2) is 0 Å². The minimum Gasteiger partial charge on any atom is -0.461 e. The molecule has 2 N–H and O–H groups in total. The highest BCUT2D eigenvalue weighted by Gasteiger charge is 2.40. The lowest BCUT2D eigenvalue weighted by atomic mass is 10.2. The number of anilines is 2. The predicted octanol–water partition coefficient (Wildman–Crippen LogP) is 1.95. The van der Waals surface area contributed by atoms with Crippen molar-refractivity contribution in [1.82, 2.24) is 8.87 Å². The Balaban J connectivity index is 1.77. The molecular formula is C21H26N4O6S. The Morgan fingerprint density at radius 2 is 1.75 bits per heavy atom. The summed E-state index contributed by atoms with van der Waals surface area (Å²) in [6.07, 6.45) is 2.26. The van der Waals surface area contributed by atoms with Gasteiger partial charge in [0.05, 0.1) is 6.61 Å². The molecule has 0 bridgehead atoms. The molecule has 0 spiro atoms. The highest BCUT2D eigenvalue weighted by molar-refractivity contribution is 7.89. The van der Waals surface area contributed by atoms with E-state index in [0.717, 1.165) is 4.31 Å². The molecule has 32 heavy (non-hydrogen) atoms. The van der Waals surface area contributed by atoms with Crippen LogP contribution in [0.15, 0.2) is 41.4 Å². The summed E-state index contributed by atoms with van der Waals surface area (Å²) in [5.74, 6) is -1.27. The van der Waals surface area contributed by atoms with Crippen LogP contribution in [0.25, 0.3) is 0 Å². The van der Waals surface area contributed by atoms with Gasteiger partial charge in [-0.2, -0.15) is 4.31 Å². The van der Waals surface area contributed by atoms with E-state index in [1.54, 1.807) is 38.2 Å². The molecule has 2 aromatic rings. The number of carbonyl (C=O) groups excluding carboxylic acids is 3. The second kappa shape index (κ2) is 9.53. The monoisotopic (exact) mass is 462 g/mol. The highest BCUT2D eigenvalue weighted by Crippen LogP contribution is 2.28. The Morgan fingerprint density at radius 1 is 1.12 bits per heavy atom. The van der Waals surface area contributed by atoms with E-state index in [4.69, 9.17) is 4.74 Å². The number of rotatable bonds is 7. The van der Waals surface area contributed by atoms with Crippen molar-refractivity contribution in [3.8, 4) is 0 Å². The van der Waals surface area contributed by atoms with Crippen molar-refractivity contribution >= 4 is 39.2 Å². The maximum Gasteiger partial charge on any atom is 0.354 e. The van der Waals surface area contributed by atoms with E-state index in [0.29, 0.717) is 24.2 Å². The van der Waals surface area contributed by atoms with Crippen LogP contribution in [0.2, 0.25) is 0 Å². The molecule has 0 radical (unpaired) electrons. The molecule has 1 aromatic heterocycles. The maximum atomic E-state index is 13.2. The Hall–Kier alpha value is -3.18. The molecule has 1 atom stereocenters. The summed E-state index contributed by atoms with van der Waals surface area (Å²) in [6, 6.07) is 6.92. The van der Waals surface area contributed by atoms with Gasteiger partial charge < -0.3 is 19.9 Å². The van der Waals surface area contributed by atoms with Crippen LogP contribution in [-0.2, 0) is 31.4 Å². The minimum atomic E-state index is -4.00. The maximum absolute atomic E-state index is 13.2. The first kappa shape index (κ1) is 23.5. The minimum absolute atomic E-state index is 0.0672. The first-order valence-corrected chi connectivity index (χ1v) is 11.6. The van der Waals surface area contributed by atoms with Crippen molar-refractivity contribution < 1.29 is 27.5 Å². The lowest BCUT2D eigenvalue weighted by molar-refractivity contribution is -0.119. The summed E-state index contributed by atoms with van der Waals surface area (Å²) in [7, 11) is -2.44. The number of hydrogen-bond acceptors (Lipinski definition) is 6. The number of nitrogens with zero attached hydrogens (tertiary/aromatic N) is 2. The number of carbonyl (C=O) groups is 3. The van der Waals surface area contributed by atoms with E-state index in [-0.39, 0.29) is 29.6 Å². The second-order valence-corrected chi connectivity index (χ2v) is 9.30. The fraction of sp³-hybridized carbons (Fsp3) is 0.381. The Kier molecular flexibility index (Phi) is 6.99. The number of aryl methyl sites for hydroxylation is 1. The van der Waals surface area contributed by atoms with Crippen molar-refractivity contribution in [2.45, 2.75) is 37.6 Å². The molecular weight excluding hydrogens is 436 g/mol. The largest absolute Gasteiger partial charge is 0.461 e. The Labute approximate surface area is 186 Å². The van der Waals surface area contributed by atoms with Gasteiger partial charge in [-0.15, -0.1) is 0 Å². The number of hydrogen-bond donors (Lipinski definition) is 2. The van der Waals surface area contributed by atoms with Crippen LogP contribution in [0.1, 0.15) is 37.2 Å². The number of nitrogens with one attached hydrogen (secondary N) is 2.